The van der Waals surface area contributed by atoms with Crippen molar-refractivity contribution in [2.75, 3.05) is 35.4 Å². The summed E-state index contributed by atoms with van der Waals surface area (Å²) in [6.07, 6.45) is 2.43. The predicted octanol–water partition coefficient (Wildman–Crippen LogP) is 4.51. The van der Waals surface area contributed by atoms with E-state index in [-0.39, 0.29) is 11.4 Å². The summed E-state index contributed by atoms with van der Waals surface area (Å²) in [6, 6.07) is 21.6. The molecule has 1 fully saturated rings. The van der Waals surface area contributed by atoms with Crippen LogP contribution in [0, 0.1) is 6.92 Å². The highest BCUT2D eigenvalue weighted by atomic mass is 32.2. The van der Waals surface area contributed by atoms with Crippen molar-refractivity contribution in [2.24, 2.45) is 0 Å². The Hall–Kier alpha value is -3.52. The lowest BCUT2D eigenvalue weighted by atomic mass is 10.2. The number of sulfonamides is 1. The molecule has 36 heavy (non-hydrogen) atoms. The summed E-state index contributed by atoms with van der Waals surface area (Å²) >= 11 is 0. The van der Waals surface area contributed by atoms with Gasteiger partial charge in [-0.1, -0.05) is 42.0 Å². The number of ether oxygens (including phenoxy) is 1. The summed E-state index contributed by atoms with van der Waals surface area (Å²) < 4.78 is 34.1. The van der Waals surface area contributed by atoms with Gasteiger partial charge in [0.05, 0.1) is 17.2 Å². The van der Waals surface area contributed by atoms with Gasteiger partial charge in [0.15, 0.2) is 0 Å². The molecule has 1 aliphatic rings. The highest BCUT2D eigenvalue weighted by molar-refractivity contribution is 7.92. The average molecular weight is 508 g/mol. The summed E-state index contributed by atoms with van der Waals surface area (Å²) in [7, 11) is -4.02. The van der Waals surface area contributed by atoms with Gasteiger partial charge in [0.2, 0.25) is 5.91 Å². The number of para-hydroxylation sites is 2. The molecule has 1 heterocycles. The van der Waals surface area contributed by atoms with Gasteiger partial charge in [0, 0.05) is 25.3 Å². The maximum Gasteiger partial charge on any atom is 0.264 e. The molecule has 0 spiro atoms. The molecule has 1 aliphatic heterocycles. The van der Waals surface area contributed by atoms with E-state index < -0.39 is 15.9 Å². The van der Waals surface area contributed by atoms with Crippen molar-refractivity contribution >= 4 is 27.3 Å². The molecule has 0 aromatic heterocycles. The van der Waals surface area contributed by atoms with Crippen molar-refractivity contribution in [3.63, 3.8) is 0 Å². The molecule has 0 aliphatic carbocycles. The van der Waals surface area contributed by atoms with Crippen molar-refractivity contribution < 1.29 is 17.9 Å². The number of rotatable bonds is 10. The fourth-order valence-corrected chi connectivity index (χ4v) is 5.70. The van der Waals surface area contributed by atoms with E-state index >= 15 is 0 Å². The number of nitrogens with zero attached hydrogens (tertiary/aromatic N) is 2. The SMILES string of the molecule is CCOc1ccccc1N(CC(=O)NCc1ccc(N2CCCC2)cc1)S(=O)(=O)c1ccc(C)cc1. The molecular weight excluding hydrogens is 474 g/mol. The fraction of sp³-hybridized carbons (Fsp3) is 0.321. The van der Waals surface area contributed by atoms with Crippen LogP contribution in [-0.4, -0.2) is 40.6 Å². The summed E-state index contributed by atoms with van der Waals surface area (Å²) in [4.78, 5) is 15.5. The zero-order valence-electron chi connectivity index (χ0n) is 20.8. The molecule has 1 N–H and O–H groups in total. The number of anilines is 2. The Kier molecular flexibility index (Phi) is 8.15. The molecule has 3 aromatic rings. The first kappa shape index (κ1) is 25.6. The van der Waals surface area contributed by atoms with Crippen LogP contribution in [0.4, 0.5) is 11.4 Å². The lowest BCUT2D eigenvalue weighted by Gasteiger charge is -2.26. The first-order valence-corrected chi connectivity index (χ1v) is 13.7. The van der Waals surface area contributed by atoms with E-state index in [0.29, 0.717) is 24.6 Å². The minimum atomic E-state index is -4.02. The predicted molar refractivity (Wildman–Crippen MR) is 143 cm³/mol. The Balaban J connectivity index is 1.53. The highest BCUT2D eigenvalue weighted by Crippen LogP contribution is 2.32. The molecule has 7 nitrogen and oxygen atoms in total. The number of amides is 1. The van der Waals surface area contributed by atoms with Crippen LogP contribution in [0.2, 0.25) is 0 Å². The maximum atomic E-state index is 13.7. The Morgan fingerprint density at radius 3 is 2.31 bits per heavy atom. The van der Waals surface area contributed by atoms with Crippen molar-refractivity contribution in [3.05, 3.63) is 83.9 Å². The van der Waals surface area contributed by atoms with E-state index in [9.17, 15) is 13.2 Å². The largest absolute Gasteiger partial charge is 0.492 e. The van der Waals surface area contributed by atoms with Crippen molar-refractivity contribution in [3.8, 4) is 5.75 Å². The zero-order chi connectivity index (χ0) is 25.5. The van der Waals surface area contributed by atoms with Crippen molar-refractivity contribution in [1.29, 1.82) is 0 Å². The van der Waals surface area contributed by atoms with E-state index in [2.05, 4.69) is 22.3 Å². The smallest absolute Gasteiger partial charge is 0.264 e. The number of aryl methyl sites for hydroxylation is 1. The molecule has 1 amide bonds. The van der Waals surface area contributed by atoms with Gasteiger partial charge in [-0.2, -0.15) is 0 Å². The second-order valence-corrected chi connectivity index (χ2v) is 10.7. The Bertz CT molecular complexity index is 1270. The third-order valence-electron chi connectivity index (χ3n) is 6.23. The van der Waals surface area contributed by atoms with E-state index in [4.69, 9.17) is 4.74 Å². The number of hydrogen-bond acceptors (Lipinski definition) is 5. The second-order valence-electron chi connectivity index (χ2n) is 8.86. The van der Waals surface area contributed by atoms with E-state index in [0.717, 1.165) is 28.5 Å². The van der Waals surface area contributed by atoms with Crippen LogP contribution in [0.5, 0.6) is 5.75 Å². The van der Waals surface area contributed by atoms with Gasteiger partial charge in [0.1, 0.15) is 12.3 Å². The summed E-state index contributed by atoms with van der Waals surface area (Å²) in [6.45, 7) is 6.18. The zero-order valence-corrected chi connectivity index (χ0v) is 21.6. The molecule has 0 saturated carbocycles. The molecule has 190 valence electrons. The van der Waals surface area contributed by atoms with Crippen LogP contribution < -0.4 is 19.3 Å². The van der Waals surface area contributed by atoms with Gasteiger partial charge >= 0.3 is 0 Å². The third-order valence-corrected chi connectivity index (χ3v) is 8.00. The topological polar surface area (TPSA) is 79.0 Å². The molecule has 0 radical (unpaired) electrons. The van der Waals surface area contributed by atoms with Gasteiger partial charge in [0.25, 0.3) is 10.0 Å². The second kappa shape index (κ2) is 11.5. The molecule has 3 aromatic carbocycles. The standard InChI is InChI=1S/C28H33N3O4S/c1-3-35-27-9-5-4-8-26(27)31(36(33,34)25-16-10-22(2)11-17-25)21-28(32)29-20-23-12-14-24(15-13-23)30-18-6-7-19-30/h4-5,8-17H,3,6-7,18-21H2,1-2H3,(H,29,32). The maximum absolute atomic E-state index is 13.7. The first-order chi connectivity index (χ1) is 17.4. The van der Waals surface area contributed by atoms with E-state index in [1.807, 2.05) is 26.0 Å². The van der Waals surface area contributed by atoms with Crippen LogP contribution in [0.15, 0.2) is 77.7 Å². The van der Waals surface area contributed by atoms with Crippen LogP contribution in [0.25, 0.3) is 0 Å². The van der Waals surface area contributed by atoms with Crippen molar-refractivity contribution in [2.45, 2.75) is 38.1 Å². The van der Waals surface area contributed by atoms with Gasteiger partial charge in [-0.3, -0.25) is 9.10 Å². The van der Waals surface area contributed by atoms with Crippen LogP contribution in [-0.2, 0) is 21.4 Å². The lowest BCUT2D eigenvalue weighted by molar-refractivity contribution is -0.119. The van der Waals surface area contributed by atoms with Crippen LogP contribution >= 0.6 is 0 Å². The number of carbonyl (C=O) groups excluding carboxylic acids is 1. The Labute approximate surface area is 213 Å². The molecule has 0 atom stereocenters. The summed E-state index contributed by atoms with van der Waals surface area (Å²) in [5.74, 6) is 0.00148. The molecule has 0 unspecified atom stereocenters. The Morgan fingerprint density at radius 1 is 0.972 bits per heavy atom. The number of benzene rings is 3. The molecule has 8 heteroatoms. The normalized spacial score (nSPS) is 13.4. The van der Waals surface area contributed by atoms with Gasteiger partial charge < -0.3 is 15.0 Å². The molecule has 4 rings (SSSR count). The number of hydrogen-bond donors (Lipinski definition) is 1. The highest BCUT2D eigenvalue weighted by Gasteiger charge is 2.29. The van der Waals surface area contributed by atoms with E-state index in [1.165, 1.54) is 18.5 Å². The van der Waals surface area contributed by atoms with Gasteiger partial charge in [-0.15, -0.1) is 0 Å². The number of carbonyl (C=O) groups is 1. The van der Waals surface area contributed by atoms with Gasteiger partial charge in [-0.25, -0.2) is 8.42 Å². The molecule has 1 saturated heterocycles. The number of nitrogens with one attached hydrogen (secondary N) is 1. The molecule has 0 bridgehead atoms. The monoisotopic (exact) mass is 507 g/mol. The minimum absolute atomic E-state index is 0.115. The Morgan fingerprint density at radius 2 is 1.64 bits per heavy atom. The summed E-state index contributed by atoms with van der Waals surface area (Å²) in [5, 5.41) is 2.87. The lowest BCUT2D eigenvalue weighted by Crippen LogP contribution is -2.40. The summed E-state index contributed by atoms with van der Waals surface area (Å²) in [5.41, 5.74) is 3.41. The van der Waals surface area contributed by atoms with Crippen LogP contribution in [0.3, 0.4) is 0 Å². The van der Waals surface area contributed by atoms with Crippen molar-refractivity contribution in [1.82, 2.24) is 5.32 Å². The van der Waals surface area contributed by atoms with E-state index in [1.54, 1.807) is 48.5 Å². The quantitative estimate of drug-likeness (QED) is 0.437. The first-order valence-electron chi connectivity index (χ1n) is 12.3. The average Bonchev–Trinajstić information content (AvgIpc) is 3.42. The van der Waals surface area contributed by atoms with Gasteiger partial charge in [-0.05, 0) is 68.7 Å². The third kappa shape index (κ3) is 5.99. The fourth-order valence-electron chi connectivity index (χ4n) is 4.26. The molecular formula is C28H33N3O4S. The minimum Gasteiger partial charge on any atom is -0.492 e. The van der Waals surface area contributed by atoms with Crippen LogP contribution in [0.1, 0.15) is 30.9 Å².